The number of rotatable bonds is 4. The molecule has 4 rings (SSSR count). The van der Waals surface area contributed by atoms with E-state index >= 15 is 0 Å². The minimum absolute atomic E-state index is 0.0785. The number of para-hydroxylation sites is 1. The summed E-state index contributed by atoms with van der Waals surface area (Å²) in [5, 5.41) is 3.57. The molecule has 0 fully saturated rings. The van der Waals surface area contributed by atoms with Gasteiger partial charge in [-0.2, -0.15) is 0 Å². The lowest BCUT2D eigenvalue weighted by molar-refractivity contribution is -0.110. The molecule has 0 atom stereocenters. The number of fused-ring (bicyclic) bond motifs is 1. The SMILES string of the molecule is O=C1Nc2ccccc2/C1=C/c1ccc(OCc2ccccc2Cl)cc1. The summed E-state index contributed by atoms with van der Waals surface area (Å²) in [7, 11) is 0. The molecular formula is C22H16ClNO2. The Morgan fingerprint density at radius 3 is 2.46 bits per heavy atom. The highest BCUT2D eigenvalue weighted by atomic mass is 35.5. The number of carbonyl (C=O) groups excluding carboxylic acids is 1. The summed E-state index contributed by atoms with van der Waals surface area (Å²) < 4.78 is 5.79. The second-order valence-electron chi connectivity index (χ2n) is 6.01. The van der Waals surface area contributed by atoms with Gasteiger partial charge in [-0.15, -0.1) is 0 Å². The Kier molecular flexibility index (Phi) is 4.46. The summed E-state index contributed by atoms with van der Waals surface area (Å²) in [5.74, 6) is 0.675. The third-order valence-corrected chi connectivity index (χ3v) is 4.62. The maximum absolute atomic E-state index is 12.2. The van der Waals surface area contributed by atoms with E-state index in [0.717, 1.165) is 28.1 Å². The Morgan fingerprint density at radius 2 is 1.65 bits per heavy atom. The van der Waals surface area contributed by atoms with Gasteiger partial charge in [0.15, 0.2) is 0 Å². The molecule has 3 nitrogen and oxygen atoms in total. The highest BCUT2D eigenvalue weighted by Crippen LogP contribution is 2.32. The number of anilines is 1. The molecule has 26 heavy (non-hydrogen) atoms. The van der Waals surface area contributed by atoms with Gasteiger partial charge in [0.25, 0.3) is 5.91 Å². The molecule has 0 bridgehead atoms. The largest absolute Gasteiger partial charge is 0.489 e. The molecule has 3 aromatic rings. The van der Waals surface area contributed by atoms with Crippen LogP contribution in [-0.2, 0) is 11.4 Å². The van der Waals surface area contributed by atoms with Crippen LogP contribution in [0.2, 0.25) is 5.02 Å². The average Bonchev–Trinajstić information content (AvgIpc) is 2.98. The van der Waals surface area contributed by atoms with Crippen LogP contribution in [0.4, 0.5) is 5.69 Å². The Bertz CT molecular complexity index is 993. The van der Waals surface area contributed by atoms with Crippen LogP contribution in [0.3, 0.4) is 0 Å². The molecule has 0 aromatic heterocycles. The zero-order chi connectivity index (χ0) is 17.9. The second kappa shape index (κ2) is 7.06. The van der Waals surface area contributed by atoms with Crippen LogP contribution in [0.5, 0.6) is 5.75 Å². The van der Waals surface area contributed by atoms with E-state index in [4.69, 9.17) is 16.3 Å². The molecule has 0 unspecified atom stereocenters. The number of amides is 1. The van der Waals surface area contributed by atoms with Crippen molar-refractivity contribution in [2.24, 2.45) is 0 Å². The number of carbonyl (C=O) groups is 1. The zero-order valence-electron chi connectivity index (χ0n) is 13.9. The molecule has 0 saturated heterocycles. The molecule has 1 aliphatic heterocycles. The van der Waals surface area contributed by atoms with Crippen molar-refractivity contribution in [2.45, 2.75) is 6.61 Å². The van der Waals surface area contributed by atoms with E-state index in [1.54, 1.807) is 0 Å². The highest BCUT2D eigenvalue weighted by molar-refractivity contribution is 6.34. The average molecular weight is 362 g/mol. The predicted octanol–water partition coefficient (Wildman–Crippen LogP) is 5.41. The van der Waals surface area contributed by atoms with Gasteiger partial charge in [-0.25, -0.2) is 0 Å². The fraction of sp³-hybridized carbons (Fsp3) is 0.0455. The normalized spacial score (nSPS) is 14.2. The fourth-order valence-electron chi connectivity index (χ4n) is 2.89. The van der Waals surface area contributed by atoms with Gasteiger partial charge in [-0.1, -0.05) is 60.1 Å². The van der Waals surface area contributed by atoms with Gasteiger partial charge in [0.1, 0.15) is 12.4 Å². The maximum atomic E-state index is 12.2. The van der Waals surface area contributed by atoms with Crippen LogP contribution < -0.4 is 10.1 Å². The standard InChI is InChI=1S/C22H16ClNO2/c23-20-7-3-1-5-16(20)14-26-17-11-9-15(10-12-17)13-19-18-6-2-4-8-21(18)24-22(19)25/h1-13H,14H2,(H,24,25)/b19-13-. The van der Waals surface area contributed by atoms with Crippen molar-refractivity contribution >= 4 is 34.8 Å². The number of hydrogen-bond donors (Lipinski definition) is 1. The van der Waals surface area contributed by atoms with Crippen molar-refractivity contribution in [3.8, 4) is 5.75 Å². The summed E-state index contributed by atoms with van der Waals surface area (Å²) in [6.07, 6.45) is 1.89. The molecule has 1 N–H and O–H groups in total. The van der Waals surface area contributed by atoms with Crippen LogP contribution in [0.25, 0.3) is 11.6 Å². The van der Waals surface area contributed by atoms with E-state index < -0.39 is 0 Å². The van der Waals surface area contributed by atoms with E-state index in [1.807, 2.05) is 78.9 Å². The number of nitrogens with one attached hydrogen (secondary N) is 1. The second-order valence-corrected chi connectivity index (χ2v) is 6.41. The molecule has 0 radical (unpaired) electrons. The van der Waals surface area contributed by atoms with Crippen molar-refractivity contribution in [3.63, 3.8) is 0 Å². The lowest BCUT2D eigenvalue weighted by atomic mass is 10.0. The van der Waals surface area contributed by atoms with Crippen LogP contribution in [0, 0.1) is 0 Å². The Morgan fingerprint density at radius 1 is 0.923 bits per heavy atom. The zero-order valence-corrected chi connectivity index (χ0v) is 14.7. The van der Waals surface area contributed by atoms with Gasteiger partial charge >= 0.3 is 0 Å². The molecule has 0 saturated carbocycles. The monoisotopic (exact) mass is 361 g/mol. The summed E-state index contributed by atoms with van der Waals surface area (Å²) >= 11 is 6.14. The number of hydrogen-bond acceptors (Lipinski definition) is 2. The fourth-order valence-corrected chi connectivity index (χ4v) is 3.08. The maximum Gasteiger partial charge on any atom is 0.256 e. The molecule has 128 valence electrons. The smallest absolute Gasteiger partial charge is 0.256 e. The lowest BCUT2D eigenvalue weighted by Gasteiger charge is -2.08. The highest BCUT2D eigenvalue weighted by Gasteiger charge is 2.23. The quantitative estimate of drug-likeness (QED) is 0.631. The van der Waals surface area contributed by atoms with Crippen molar-refractivity contribution in [3.05, 3.63) is 94.5 Å². The molecule has 1 heterocycles. The summed E-state index contributed by atoms with van der Waals surface area (Å²) in [6, 6.07) is 23.0. The summed E-state index contributed by atoms with van der Waals surface area (Å²) in [4.78, 5) is 12.2. The minimum Gasteiger partial charge on any atom is -0.489 e. The van der Waals surface area contributed by atoms with Gasteiger partial charge in [-0.3, -0.25) is 4.79 Å². The summed E-state index contributed by atoms with van der Waals surface area (Å²) in [6.45, 7) is 0.413. The van der Waals surface area contributed by atoms with Crippen LogP contribution in [0.1, 0.15) is 16.7 Å². The molecule has 3 aromatic carbocycles. The van der Waals surface area contributed by atoms with Gasteiger partial charge in [0.05, 0.1) is 0 Å². The first kappa shape index (κ1) is 16.4. The van der Waals surface area contributed by atoms with Crippen molar-refractivity contribution in [1.29, 1.82) is 0 Å². The Balaban J connectivity index is 1.50. The van der Waals surface area contributed by atoms with E-state index in [0.29, 0.717) is 17.2 Å². The van der Waals surface area contributed by atoms with E-state index in [9.17, 15) is 4.79 Å². The third kappa shape index (κ3) is 3.35. The lowest BCUT2D eigenvalue weighted by Crippen LogP contribution is -2.03. The minimum atomic E-state index is -0.0785. The van der Waals surface area contributed by atoms with Crippen LogP contribution in [0.15, 0.2) is 72.8 Å². The van der Waals surface area contributed by atoms with Crippen molar-refractivity contribution < 1.29 is 9.53 Å². The first-order valence-corrected chi connectivity index (χ1v) is 8.67. The molecule has 4 heteroatoms. The predicted molar refractivity (Wildman–Crippen MR) is 105 cm³/mol. The topological polar surface area (TPSA) is 38.3 Å². The van der Waals surface area contributed by atoms with Gasteiger partial charge in [0.2, 0.25) is 0 Å². The molecule has 0 aliphatic carbocycles. The van der Waals surface area contributed by atoms with Gasteiger partial charge in [0, 0.05) is 27.4 Å². The van der Waals surface area contributed by atoms with Crippen LogP contribution in [-0.4, -0.2) is 5.91 Å². The molecule has 1 aliphatic rings. The van der Waals surface area contributed by atoms with Crippen molar-refractivity contribution in [2.75, 3.05) is 5.32 Å². The van der Waals surface area contributed by atoms with Gasteiger partial charge < -0.3 is 10.1 Å². The van der Waals surface area contributed by atoms with E-state index in [-0.39, 0.29) is 5.91 Å². The number of ether oxygens (including phenoxy) is 1. The molecule has 0 spiro atoms. The molecule has 1 amide bonds. The van der Waals surface area contributed by atoms with Gasteiger partial charge in [-0.05, 0) is 35.9 Å². The van der Waals surface area contributed by atoms with Crippen molar-refractivity contribution in [1.82, 2.24) is 0 Å². The van der Waals surface area contributed by atoms with E-state index in [1.165, 1.54) is 0 Å². The summed E-state index contributed by atoms with van der Waals surface area (Å²) in [5.41, 5.74) is 4.34. The molecular weight excluding hydrogens is 346 g/mol. The number of halogens is 1. The first-order chi connectivity index (χ1) is 12.7. The Hall–Kier alpha value is -3.04. The van der Waals surface area contributed by atoms with E-state index in [2.05, 4.69) is 5.32 Å². The number of benzene rings is 3. The third-order valence-electron chi connectivity index (χ3n) is 4.25. The first-order valence-electron chi connectivity index (χ1n) is 8.29. The Labute approximate surface area is 156 Å². The van der Waals surface area contributed by atoms with Crippen LogP contribution >= 0.6 is 11.6 Å².